The first-order chi connectivity index (χ1) is 14.5. The molecule has 0 bridgehead atoms. The number of unbranched alkanes of at least 4 members (excludes halogenated alkanes) is 2. The fraction of sp³-hybridized carbons (Fsp3) is 0.565. The van der Waals surface area contributed by atoms with Gasteiger partial charge in [0.25, 0.3) is 5.91 Å². The summed E-state index contributed by atoms with van der Waals surface area (Å²) in [5.74, 6) is 0.946. The predicted octanol–water partition coefficient (Wildman–Crippen LogP) is 3.55. The Morgan fingerprint density at radius 3 is 2.60 bits per heavy atom. The highest BCUT2D eigenvalue weighted by molar-refractivity contribution is 5.95. The SMILES string of the molecule is CCCCCNC(=O)C1CCN(C(=O)c2cnn(-c3ccccn3)c2C(C)C)CC1. The minimum Gasteiger partial charge on any atom is -0.356 e. The maximum Gasteiger partial charge on any atom is 0.257 e. The highest BCUT2D eigenvalue weighted by atomic mass is 16.2. The minimum absolute atomic E-state index is 0.00325. The Morgan fingerprint density at radius 2 is 1.97 bits per heavy atom. The number of pyridine rings is 1. The number of nitrogens with one attached hydrogen (secondary N) is 1. The molecule has 3 heterocycles. The van der Waals surface area contributed by atoms with Gasteiger partial charge in [-0.25, -0.2) is 9.67 Å². The molecule has 7 heteroatoms. The highest BCUT2D eigenvalue weighted by Gasteiger charge is 2.30. The number of likely N-dealkylation sites (tertiary alicyclic amines) is 1. The van der Waals surface area contributed by atoms with E-state index in [1.807, 2.05) is 23.1 Å². The van der Waals surface area contributed by atoms with Crippen LogP contribution >= 0.6 is 0 Å². The summed E-state index contributed by atoms with van der Waals surface area (Å²) in [7, 11) is 0. The van der Waals surface area contributed by atoms with Gasteiger partial charge in [-0.2, -0.15) is 5.10 Å². The normalized spacial score (nSPS) is 14.9. The average molecular weight is 412 g/mol. The van der Waals surface area contributed by atoms with Gasteiger partial charge in [-0.15, -0.1) is 0 Å². The van der Waals surface area contributed by atoms with Crippen molar-refractivity contribution in [1.82, 2.24) is 25.0 Å². The lowest BCUT2D eigenvalue weighted by atomic mass is 9.95. The molecule has 2 aromatic heterocycles. The molecule has 1 saturated heterocycles. The topological polar surface area (TPSA) is 80.1 Å². The van der Waals surface area contributed by atoms with Crippen molar-refractivity contribution < 1.29 is 9.59 Å². The maximum absolute atomic E-state index is 13.2. The van der Waals surface area contributed by atoms with Crippen LogP contribution in [0.15, 0.2) is 30.6 Å². The van der Waals surface area contributed by atoms with E-state index in [1.165, 1.54) is 0 Å². The Bertz CT molecular complexity index is 839. The molecule has 3 rings (SSSR count). The number of carbonyl (C=O) groups excluding carboxylic acids is 2. The van der Waals surface area contributed by atoms with Crippen LogP contribution in [0.3, 0.4) is 0 Å². The Morgan fingerprint density at radius 1 is 1.20 bits per heavy atom. The summed E-state index contributed by atoms with van der Waals surface area (Å²) in [5.41, 5.74) is 1.49. The Labute approximate surface area is 178 Å². The highest BCUT2D eigenvalue weighted by Crippen LogP contribution is 2.25. The molecule has 1 fully saturated rings. The molecule has 7 nitrogen and oxygen atoms in total. The lowest BCUT2D eigenvalue weighted by molar-refractivity contribution is -0.126. The number of hydrogen-bond acceptors (Lipinski definition) is 4. The van der Waals surface area contributed by atoms with Crippen molar-refractivity contribution in [2.75, 3.05) is 19.6 Å². The largest absolute Gasteiger partial charge is 0.356 e. The van der Waals surface area contributed by atoms with E-state index >= 15 is 0 Å². The van der Waals surface area contributed by atoms with Crippen LogP contribution < -0.4 is 5.32 Å². The van der Waals surface area contributed by atoms with Crippen LogP contribution in [-0.2, 0) is 4.79 Å². The molecule has 1 N–H and O–H groups in total. The molecule has 1 aliphatic heterocycles. The van der Waals surface area contributed by atoms with Gasteiger partial charge in [-0.3, -0.25) is 9.59 Å². The number of rotatable bonds is 8. The quantitative estimate of drug-likeness (QED) is 0.674. The smallest absolute Gasteiger partial charge is 0.257 e. The summed E-state index contributed by atoms with van der Waals surface area (Å²) in [4.78, 5) is 31.8. The molecule has 0 atom stereocenters. The molecule has 0 radical (unpaired) electrons. The molecule has 1 aliphatic rings. The number of hydrogen-bond donors (Lipinski definition) is 1. The molecule has 2 aromatic rings. The predicted molar refractivity (Wildman–Crippen MR) is 117 cm³/mol. The molecular weight excluding hydrogens is 378 g/mol. The summed E-state index contributed by atoms with van der Waals surface area (Å²) in [6, 6.07) is 5.66. The lowest BCUT2D eigenvalue weighted by Crippen LogP contribution is -2.43. The van der Waals surface area contributed by atoms with E-state index in [1.54, 1.807) is 17.1 Å². The van der Waals surface area contributed by atoms with E-state index in [-0.39, 0.29) is 23.7 Å². The summed E-state index contributed by atoms with van der Waals surface area (Å²) in [5, 5.41) is 7.50. The van der Waals surface area contributed by atoms with Crippen molar-refractivity contribution in [1.29, 1.82) is 0 Å². The van der Waals surface area contributed by atoms with Gasteiger partial charge in [0.1, 0.15) is 0 Å². The second-order valence-electron chi connectivity index (χ2n) is 8.26. The molecule has 0 saturated carbocycles. The lowest BCUT2D eigenvalue weighted by Gasteiger charge is -2.31. The molecule has 162 valence electrons. The molecule has 0 spiro atoms. The van der Waals surface area contributed by atoms with E-state index in [2.05, 4.69) is 36.2 Å². The van der Waals surface area contributed by atoms with Crippen molar-refractivity contribution in [2.45, 2.75) is 58.8 Å². The molecule has 30 heavy (non-hydrogen) atoms. The summed E-state index contributed by atoms with van der Waals surface area (Å²) < 4.78 is 1.76. The zero-order valence-corrected chi connectivity index (χ0v) is 18.3. The van der Waals surface area contributed by atoms with Gasteiger partial charge in [0.15, 0.2) is 5.82 Å². The van der Waals surface area contributed by atoms with Gasteiger partial charge in [0.05, 0.1) is 17.5 Å². The first-order valence-electron chi connectivity index (χ1n) is 11.1. The van der Waals surface area contributed by atoms with Crippen LogP contribution in [0.4, 0.5) is 0 Å². The van der Waals surface area contributed by atoms with Gasteiger partial charge in [0, 0.05) is 31.7 Å². The molecule has 2 amide bonds. The van der Waals surface area contributed by atoms with Crippen LogP contribution in [0.1, 0.15) is 74.8 Å². The van der Waals surface area contributed by atoms with Crippen LogP contribution in [-0.4, -0.2) is 51.1 Å². The maximum atomic E-state index is 13.2. The van der Waals surface area contributed by atoms with E-state index in [0.717, 1.165) is 31.5 Å². The van der Waals surface area contributed by atoms with Gasteiger partial charge in [0.2, 0.25) is 5.91 Å². The van der Waals surface area contributed by atoms with Crippen LogP contribution in [0.5, 0.6) is 0 Å². The van der Waals surface area contributed by atoms with Gasteiger partial charge in [-0.1, -0.05) is 39.7 Å². The summed E-state index contributed by atoms with van der Waals surface area (Å²) >= 11 is 0. The second kappa shape index (κ2) is 10.4. The van der Waals surface area contributed by atoms with E-state index in [4.69, 9.17) is 0 Å². The molecular formula is C23H33N5O2. The fourth-order valence-corrected chi connectivity index (χ4v) is 3.99. The van der Waals surface area contributed by atoms with Gasteiger partial charge in [-0.05, 0) is 37.3 Å². The molecule has 0 aliphatic carbocycles. The van der Waals surface area contributed by atoms with Crippen molar-refractivity contribution in [3.63, 3.8) is 0 Å². The number of piperidine rings is 1. The first kappa shape index (κ1) is 22.0. The first-order valence-corrected chi connectivity index (χ1v) is 11.1. The third-order valence-electron chi connectivity index (χ3n) is 5.68. The van der Waals surface area contributed by atoms with Gasteiger partial charge < -0.3 is 10.2 Å². The Balaban J connectivity index is 1.64. The number of amides is 2. The Hall–Kier alpha value is -2.70. The van der Waals surface area contributed by atoms with Crippen molar-refractivity contribution in [3.8, 4) is 5.82 Å². The van der Waals surface area contributed by atoms with E-state index in [9.17, 15) is 9.59 Å². The van der Waals surface area contributed by atoms with E-state index in [0.29, 0.717) is 37.3 Å². The number of nitrogens with zero attached hydrogens (tertiary/aromatic N) is 4. The number of aromatic nitrogens is 3. The third-order valence-corrected chi connectivity index (χ3v) is 5.68. The van der Waals surface area contributed by atoms with Crippen molar-refractivity contribution in [3.05, 3.63) is 41.9 Å². The van der Waals surface area contributed by atoms with Crippen LogP contribution in [0, 0.1) is 5.92 Å². The minimum atomic E-state index is -0.0114. The summed E-state index contributed by atoms with van der Waals surface area (Å²) in [6.07, 6.45) is 8.09. The standard InChI is InChI=1S/C23H33N5O2/c1-4-5-7-13-25-22(29)18-10-14-27(15-11-18)23(30)19-16-26-28(21(19)17(2)3)20-9-6-8-12-24-20/h6,8-9,12,16-18H,4-5,7,10-11,13-15H2,1-3H3,(H,25,29). The Kier molecular flexibility index (Phi) is 7.60. The fourth-order valence-electron chi connectivity index (χ4n) is 3.99. The molecule has 0 aromatic carbocycles. The van der Waals surface area contributed by atoms with Crippen molar-refractivity contribution in [2.24, 2.45) is 5.92 Å². The van der Waals surface area contributed by atoms with Crippen LogP contribution in [0.25, 0.3) is 5.82 Å². The van der Waals surface area contributed by atoms with E-state index < -0.39 is 0 Å². The summed E-state index contributed by atoms with van der Waals surface area (Å²) in [6.45, 7) is 8.21. The number of carbonyl (C=O) groups is 2. The zero-order chi connectivity index (χ0) is 21.5. The average Bonchev–Trinajstić information content (AvgIpc) is 3.22. The van der Waals surface area contributed by atoms with Crippen molar-refractivity contribution >= 4 is 11.8 Å². The third kappa shape index (κ3) is 5.07. The monoisotopic (exact) mass is 411 g/mol. The van der Waals surface area contributed by atoms with Crippen LogP contribution in [0.2, 0.25) is 0 Å². The second-order valence-corrected chi connectivity index (χ2v) is 8.26. The molecule has 0 unspecified atom stereocenters. The van der Waals surface area contributed by atoms with Gasteiger partial charge >= 0.3 is 0 Å². The zero-order valence-electron chi connectivity index (χ0n) is 18.3.